The van der Waals surface area contributed by atoms with Crippen molar-refractivity contribution in [3.05, 3.63) is 36.0 Å². The molecule has 0 amide bonds. The Morgan fingerprint density at radius 1 is 1.56 bits per heavy atom. The van der Waals surface area contributed by atoms with Crippen LogP contribution in [0, 0.1) is 5.82 Å². The molecule has 94 valence electrons. The molecule has 0 atom stereocenters. The molecule has 2 aromatic rings. The third-order valence-corrected chi connectivity index (χ3v) is 2.20. The Kier molecular flexibility index (Phi) is 3.22. The van der Waals surface area contributed by atoms with Crippen LogP contribution in [0.15, 0.2) is 24.7 Å². The molecular weight excluding hydrogens is 241 g/mol. The van der Waals surface area contributed by atoms with E-state index in [2.05, 4.69) is 10.1 Å². The minimum atomic E-state index is -1.31. The lowest BCUT2D eigenvalue weighted by Crippen LogP contribution is -2.02. The number of aryl methyl sites for hydroxylation is 1. The number of pyridine rings is 1. The maximum absolute atomic E-state index is 12.9. The Hall–Kier alpha value is -2.44. The predicted molar refractivity (Wildman–Crippen MR) is 59.1 cm³/mol. The molecule has 0 saturated carbocycles. The molecule has 7 heteroatoms. The van der Waals surface area contributed by atoms with E-state index in [-0.39, 0.29) is 11.4 Å². The first-order valence-electron chi connectivity index (χ1n) is 5.19. The average Bonchev–Trinajstić information content (AvgIpc) is 2.79. The van der Waals surface area contributed by atoms with Gasteiger partial charge in [0.05, 0.1) is 18.6 Å². The van der Waals surface area contributed by atoms with Gasteiger partial charge in [-0.15, -0.1) is 0 Å². The van der Waals surface area contributed by atoms with E-state index >= 15 is 0 Å². The zero-order valence-corrected chi connectivity index (χ0v) is 9.50. The fraction of sp³-hybridized carbons (Fsp3) is 0.182. The monoisotopic (exact) mass is 251 g/mol. The topological polar surface area (TPSA) is 77.2 Å². The normalized spacial score (nSPS) is 10.3. The maximum atomic E-state index is 12.9. The summed E-state index contributed by atoms with van der Waals surface area (Å²) < 4.78 is 19.8. The zero-order valence-electron chi connectivity index (χ0n) is 9.50. The second-order valence-electron chi connectivity index (χ2n) is 3.45. The molecule has 0 aliphatic carbocycles. The Morgan fingerprint density at radius 3 is 2.94 bits per heavy atom. The van der Waals surface area contributed by atoms with E-state index in [9.17, 15) is 9.18 Å². The number of carbonyl (C=O) groups is 1. The van der Waals surface area contributed by atoms with Crippen LogP contribution in [0.5, 0.6) is 11.6 Å². The highest BCUT2D eigenvalue weighted by atomic mass is 19.1. The van der Waals surface area contributed by atoms with Gasteiger partial charge >= 0.3 is 5.97 Å². The molecule has 0 aliphatic heterocycles. The van der Waals surface area contributed by atoms with E-state index in [1.165, 1.54) is 6.20 Å². The number of aromatic carboxylic acids is 1. The van der Waals surface area contributed by atoms with Gasteiger partial charge in [-0.05, 0) is 13.0 Å². The van der Waals surface area contributed by atoms with Crippen LogP contribution >= 0.6 is 0 Å². The highest BCUT2D eigenvalue weighted by Gasteiger charge is 2.15. The smallest absolute Gasteiger partial charge is 0.341 e. The van der Waals surface area contributed by atoms with Crippen LogP contribution in [-0.2, 0) is 6.54 Å². The average molecular weight is 251 g/mol. The van der Waals surface area contributed by atoms with E-state index in [1.54, 1.807) is 10.9 Å². The highest BCUT2D eigenvalue weighted by molar-refractivity contribution is 5.90. The first kappa shape index (κ1) is 12.0. The molecule has 6 nitrogen and oxygen atoms in total. The summed E-state index contributed by atoms with van der Waals surface area (Å²) in [5.41, 5.74) is -0.334. The lowest BCUT2D eigenvalue weighted by atomic mass is 10.3. The van der Waals surface area contributed by atoms with Gasteiger partial charge < -0.3 is 9.84 Å². The minimum absolute atomic E-state index is 0.167. The molecular formula is C11H10FN3O3. The summed E-state index contributed by atoms with van der Waals surface area (Å²) in [4.78, 5) is 14.5. The molecule has 18 heavy (non-hydrogen) atoms. The van der Waals surface area contributed by atoms with Crippen molar-refractivity contribution in [1.29, 1.82) is 0 Å². The lowest BCUT2D eigenvalue weighted by molar-refractivity contribution is 0.0692. The number of ether oxygens (including phenoxy) is 1. The molecule has 0 bridgehead atoms. The number of rotatable bonds is 4. The van der Waals surface area contributed by atoms with Crippen LogP contribution in [0.25, 0.3) is 0 Å². The van der Waals surface area contributed by atoms with Gasteiger partial charge in [-0.1, -0.05) is 0 Å². The van der Waals surface area contributed by atoms with Gasteiger partial charge in [-0.2, -0.15) is 5.10 Å². The van der Waals surface area contributed by atoms with Crippen molar-refractivity contribution in [1.82, 2.24) is 14.8 Å². The van der Waals surface area contributed by atoms with Gasteiger partial charge in [0.15, 0.2) is 5.75 Å². The lowest BCUT2D eigenvalue weighted by Gasteiger charge is -2.04. The van der Waals surface area contributed by atoms with Gasteiger partial charge in [-0.3, -0.25) is 4.68 Å². The van der Waals surface area contributed by atoms with Crippen LogP contribution < -0.4 is 4.74 Å². The first-order chi connectivity index (χ1) is 8.60. The molecule has 2 heterocycles. The molecule has 0 unspecified atom stereocenters. The Labute approximate surface area is 102 Å². The van der Waals surface area contributed by atoms with Crippen LogP contribution in [-0.4, -0.2) is 25.8 Å². The maximum Gasteiger partial charge on any atom is 0.341 e. The van der Waals surface area contributed by atoms with Crippen molar-refractivity contribution in [3.8, 4) is 11.6 Å². The van der Waals surface area contributed by atoms with Crippen molar-refractivity contribution in [2.24, 2.45) is 0 Å². The minimum Gasteiger partial charge on any atom is -0.477 e. The molecule has 2 rings (SSSR count). The quantitative estimate of drug-likeness (QED) is 0.898. The van der Waals surface area contributed by atoms with Crippen LogP contribution in [0.1, 0.15) is 17.3 Å². The predicted octanol–water partition coefficient (Wildman–Crippen LogP) is 1.93. The molecule has 0 aliphatic rings. The summed E-state index contributed by atoms with van der Waals surface area (Å²) in [7, 11) is 0. The summed E-state index contributed by atoms with van der Waals surface area (Å²) in [5, 5.41) is 12.9. The van der Waals surface area contributed by atoms with E-state index in [1.807, 2.05) is 6.92 Å². The van der Waals surface area contributed by atoms with E-state index in [0.29, 0.717) is 12.3 Å². The largest absolute Gasteiger partial charge is 0.477 e. The molecule has 0 spiro atoms. The summed E-state index contributed by atoms with van der Waals surface area (Å²) in [6, 6.07) is 0.856. The second-order valence-corrected chi connectivity index (χ2v) is 3.45. The molecule has 2 aromatic heterocycles. The Morgan fingerprint density at radius 2 is 2.33 bits per heavy atom. The summed E-state index contributed by atoms with van der Waals surface area (Å²) in [5.74, 6) is -1.86. The number of carboxylic acid groups (broad SMARTS) is 1. The second kappa shape index (κ2) is 4.82. The highest BCUT2D eigenvalue weighted by Crippen LogP contribution is 2.23. The molecule has 1 N–H and O–H groups in total. The van der Waals surface area contributed by atoms with Gasteiger partial charge in [-0.25, -0.2) is 14.2 Å². The summed E-state index contributed by atoms with van der Waals surface area (Å²) in [6.45, 7) is 2.56. The fourth-order valence-electron chi connectivity index (χ4n) is 1.34. The number of carboxylic acids is 1. The van der Waals surface area contributed by atoms with Crippen molar-refractivity contribution < 1.29 is 19.0 Å². The number of halogens is 1. The fourth-order valence-corrected chi connectivity index (χ4v) is 1.34. The van der Waals surface area contributed by atoms with Crippen molar-refractivity contribution >= 4 is 5.97 Å². The number of hydrogen-bond donors (Lipinski definition) is 1. The van der Waals surface area contributed by atoms with Gasteiger partial charge in [0.1, 0.15) is 11.4 Å². The van der Waals surface area contributed by atoms with Crippen molar-refractivity contribution in [2.45, 2.75) is 13.5 Å². The van der Waals surface area contributed by atoms with Crippen molar-refractivity contribution in [3.63, 3.8) is 0 Å². The zero-order chi connectivity index (χ0) is 13.1. The van der Waals surface area contributed by atoms with Crippen molar-refractivity contribution in [2.75, 3.05) is 0 Å². The van der Waals surface area contributed by atoms with Gasteiger partial charge in [0.2, 0.25) is 5.88 Å². The number of nitrogens with zero attached hydrogens (tertiary/aromatic N) is 3. The standard InChI is InChI=1S/C11H10FN3O3/c1-2-15-6-8(5-14-15)18-10-9(11(16)17)3-7(12)4-13-10/h3-6H,2H2,1H3,(H,16,17). The molecule has 0 fully saturated rings. The van der Waals surface area contributed by atoms with E-state index < -0.39 is 11.8 Å². The summed E-state index contributed by atoms with van der Waals surface area (Å²) >= 11 is 0. The molecule has 0 radical (unpaired) electrons. The van der Waals surface area contributed by atoms with Crippen LogP contribution in [0.4, 0.5) is 4.39 Å². The third kappa shape index (κ3) is 2.45. The summed E-state index contributed by atoms with van der Waals surface area (Å²) in [6.07, 6.45) is 3.92. The SMILES string of the molecule is CCn1cc(Oc2ncc(F)cc2C(=O)O)cn1. The molecule has 0 aromatic carbocycles. The first-order valence-corrected chi connectivity index (χ1v) is 5.19. The van der Waals surface area contributed by atoms with Gasteiger partial charge in [0.25, 0.3) is 0 Å². The van der Waals surface area contributed by atoms with Gasteiger partial charge in [0, 0.05) is 6.54 Å². The van der Waals surface area contributed by atoms with Crippen LogP contribution in [0.2, 0.25) is 0 Å². The Balaban J connectivity index is 2.30. The number of aromatic nitrogens is 3. The third-order valence-electron chi connectivity index (χ3n) is 2.20. The van der Waals surface area contributed by atoms with E-state index in [4.69, 9.17) is 9.84 Å². The van der Waals surface area contributed by atoms with Crippen LogP contribution in [0.3, 0.4) is 0 Å². The Bertz CT molecular complexity index is 583. The van der Waals surface area contributed by atoms with E-state index in [0.717, 1.165) is 12.3 Å². The number of hydrogen-bond acceptors (Lipinski definition) is 4. The molecule has 0 saturated heterocycles.